The van der Waals surface area contributed by atoms with Crippen LogP contribution in [0, 0.1) is 0 Å². The Balaban J connectivity index is 0.00000364. The molecule has 0 bridgehead atoms. The lowest BCUT2D eigenvalue weighted by Gasteiger charge is -2.12. The van der Waals surface area contributed by atoms with E-state index in [0.717, 1.165) is 29.1 Å². The van der Waals surface area contributed by atoms with Crippen molar-refractivity contribution in [3.8, 4) is 0 Å². The third-order valence-corrected chi connectivity index (χ3v) is 3.99. The fourth-order valence-corrected chi connectivity index (χ4v) is 2.66. The van der Waals surface area contributed by atoms with Crippen molar-refractivity contribution >= 4 is 51.8 Å². The van der Waals surface area contributed by atoms with Gasteiger partial charge in [-0.1, -0.05) is 28.1 Å². The number of amides is 1. The number of guanidine groups is 1. The van der Waals surface area contributed by atoms with E-state index >= 15 is 0 Å². The highest BCUT2D eigenvalue weighted by Crippen LogP contribution is 2.11. The Morgan fingerprint density at radius 3 is 2.63 bits per heavy atom. The number of aliphatic imine (C=N–C) groups is 1. The summed E-state index contributed by atoms with van der Waals surface area (Å²) < 4.78 is 0.887. The lowest BCUT2D eigenvalue weighted by atomic mass is 10.2. The van der Waals surface area contributed by atoms with Crippen LogP contribution in [0.2, 0.25) is 0 Å². The maximum atomic E-state index is 12.1. The number of carbonyl (C=O) groups is 1. The highest BCUT2D eigenvalue weighted by atomic mass is 127. The summed E-state index contributed by atoms with van der Waals surface area (Å²) in [6, 6.07) is 13.2. The number of nitrogens with zero attached hydrogens (tertiary/aromatic N) is 2. The second-order valence-corrected chi connectivity index (χ2v) is 6.44. The molecule has 8 heteroatoms. The van der Waals surface area contributed by atoms with Gasteiger partial charge in [0.2, 0.25) is 0 Å². The molecule has 27 heavy (non-hydrogen) atoms. The van der Waals surface area contributed by atoms with Crippen LogP contribution in [0.1, 0.15) is 23.0 Å². The second kappa shape index (κ2) is 13.5. The van der Waals surface area contributed by atoms with Crippen LogP contribution >= 0.6 is 39.9 Å². The number of aromatic nitrogens is 1. The lowest BCUT2D eigenvalue weighted by Crippen LogP contribution is -2.41. The normalized spacial score (nSPS) is 10.7. The Kier molecular flexibility index (Phi) is 11.7. The van der Waals surface area contributed by atoms with Gasteiger partial charge in [0.1, 0.15) is 0 Å². The van der Waals surface area contributed by atoms with Crippen molar-refractivity contribution in [1.82, 2.24) is 20.9 Å². The van der Waals surface area contributed by atoms with E-state index in [-0.39, 0.29) is 29.9 Å². The van der Waals surface area contributed by atoms with Gasteiger partial charge < -0.3 is 16.0 Å². The van der Waals surface area contributed by atoms with E-state index in [2.05, 4.69) is 41.9 Å². The predicted molar refractivity (Wildman–Crippen MR) is 124 cm³/mol. The van der Waals surface area contributed by atoms with Crippen LogP contribution in [0.5, 0.6) is 0 Å². The Morgan fingerprint density at radius 1 is 1.11 bits per heavy atom. The number of rotatable bonds is 8. The van der Waals surface area contributed by atoms with Crippen LogP contribution < -0.4 is 16.0 Å². The minimum Gasteiger partial charge on any atom is -0.357 e. The van der Waals surface area contributed by atoms with E-state index in [1.807, 2.05) is 37.3 Å². The van der Waals surface area contributed by atoms with Crippen LogP contribution in [0.3, 0.4) is 0 Å². The first-order valence-electron chi connectivity index (χ1n) is 8.65. The zero-order valence-electron chi connectivity index (χ0n) is 15.2. The highest BCUT2D eigenvalue weighted by molar-refractivity contribution is 14.0. The number of hydrogen-bond acceptors (Lipinski definition) is 3. The minimum atomic E-state index is -0.0924. The molecule has 2 aromatic rings. The van der Waals surface area contributed by atoms with Gasteiger partial charge in [0, 0.05) is 54.5 Å². The number of hydrogen-bond donors (Lipinski definition) is 3. The van der Waals surface area contributed by atoms with Crippen molar-refractivity contribution in [2.45, 2.75) is 13.3 Å². The average molecular weight is 546 g/mol. The quantitative estimate of drug-likeness (QED) is 0.206. The standard InChI is InChI=1S/C19H24BrN5O.HI/c1-2-21-19(24-11-9-17-8-3-4-10-22-17)25-13-12-23-18(26)15-6-5-7-16(20)14-15;/h3-8,10,14H,2,9,11-13H2,1H3,(H,23,26)(H2,21,24,25);1H. The number of halogens is 2. The Hall–Kier alpha value is -1.68. The molecule has 1 heterocycles. The molecular formula is C19H25BrIN5O. The van der Waals surface area contributed by atoms with Crippen LogP contribution in [0.4, 0.5) is 0 Å². The van der Waals surface area contributed by atoms with Crippen LogP contribution in [0.25, 0.3) is 0 Å². The molecule has 3 N–H and O–H groups in total. The van der Waals surface area contributed by atoms with Crippen molar-refractivity contribution in [3.63, 3.8) is 0 Å². The van der Waals surface area contributed by atoms with Crippen LogP contribution in [-0.2, 0) is 6.42 Å². The number of benzene rings is 1. The van der Waals surface area contributed by atoms with Crippen molar-refractivity contribution in [2.24, 2.45) is 4.99 Å². The molecule has 0 spiro atoms. The molecule has 6 nitrogen and oxygen atoms in total. The van der Waals surface area contributed by atoms with E-state index in [0.29, 0.717) is 25.2 Å². The van der Waals surface area contributed by atoms with Gasteiger partial charge in [-0.2, -0.15) is 0 Å². The molecule has 0 saturated heterocycles. The first-order chi connectivity index (χ1) is 12.7. The zero-order chi connectivity index (χ0) is 18.6. The predicted octanol–water partition coefficient (Wildman–Crippen LogP) is 2.99. The Labute approximate surface area is 185 Å². The molecule has 0 saturated carbocycles. The number of carbonyl (C=O) groups excluding carboxylic acids is 1. The molecule has 0 radical (unpaired) electrons. The Morgan fingerprint density at radius 2 is 1.93 bits per heavy atom. The first kappa shape index (κ1) is 23.4. The fourth-order valence-electron chi connectivity index (χ4n) is 2.26. The molecule has 146 valence electrons. The number of nitrogens with one attached hydrogen (secondary N) is 3. The monoisotopic (exact) mass is 545 g/mol. The summed E-state index contributed by atoms with van der Waals surface area (Å²) in [5, 5.41) is 9.31. The summed E-state index contributed by atoms with van der Waals surface area (Å²) >= 11 is 3.37. The van der Waals surface area contributed by atoms with E-state index in [1.165, 1.54) is 0 Å². The molecule has 0 atom stereocenters. The maximum Gasteiger partial charge on any atom is 0.251 e. The van der Waals surface area contributed by atoms with Gasteiger partial charge in [-0.05, 0) is 37.3 Å². The first-order valence-corrected chi connectivity index (χ1v) is 9.44. The summed E-state index contributed by atoms with van der Waals surface area (Å²) in [5.41, 5.74) is 1.66. The van der Waals surface area contributed by atoms with Crippen molar-refractivity contribution < 1.29 is 4.79 Å². The molecule has 1 aromatic carbocycles. The van der Waals surface area contributed by atoms with Gasteiger partial charge in [0.05, 0.1) is 0 Å². The highest BCUT2D eigenvalue weighted by Gasteiger charge is 2.05. The van der Waals surface area contributed by atoms with Gasteiger partial charge in [0.25, 0.3) is 5.91 Å². The minimum absolute atomic E-state index is 0. The van der Waals surface area contributed by atoms with Crippen LogP contribution in [-0.4, -0.2) is 43.0 Å². The van der Waals surface area contributed by atoms with E-state index < -0.39 is 0 Å². The van der Waals surface area contributed by atoms with Gasteiger partial charge in [-0.3, -0.25) is 14.8 Å². The van der Waals surface area contributed by atoms with E-state index in [9.17, 15) is 4.79 Å². The largest absolute Gasteiger partial charge is 0.357 e. The SMILES string of the molecule is CCNC(=NCCc1ccccn1)NCCNC(=O)c1cccc(Br)c1.I. The molecule has 0 aliphatic carbocycles. The summed E-state index contributed by atoms with van der Waals surface area (Å²) in [4.78, 5) is 20.9. The van der Waals surface area contributed by atoms with E-state index in [4.69, 9.17) is 0 Å². The van der Waals surface area contributed by atoms with E-state index in [1.54, 1.807) is 18.3 Å². The summed E-state index contributed by atoms with van der Waals surface area (Å²) in [6.45, 7) is 4.55. The third-order valence-electron chi connectivity index (χ3n) is 3.50. The summed E-state index contributed by atoms with van der Waals surface area (Å²) in [6.07, 6.45) is 2.58. The van der Waals surface area contributed by atoms with Gasteiger partial charge in [-0.25, -0.2) is 0 Å². The van der Waals surface area contributed by atoms with Gasteiger partial charge >= 0.3 is 0 Å². The molecular weight excluding hydrogens is 521 g/mol. The smallest absolute Gasteiger partial charge is 0.251 e. The molecule has 0 aliphatic heterocycles. The zero-order valence-corrected chi connectivity index (χ0v) is 19.2. The topological polar surface area (TPSA) is 78.4 Å². The van der Waals surface area contributed by atoms with Crippen LogP contribution in [0.15, 0.2) is 58.1 Å². The summed E-state index contributed by atoms with van der Waals surface area (Å²) in [7, 11) is 0. The fraction of sp³-hybridized carbons (Fsp3) is 0.316. The Bertz CT molecular complexity index is 727. The lowest BCUT2D eigenvalue weighted by molar-refractivity contribution is 0.0954. The molecule has 1 amide bonds. The molecule has 2 rings (SSSR count). The molecule has 1 aromatic heterocycles. The second-order valence-electron chi connectivity index (χ2n) is 5.52. The third kappa shape index (κ3) is 9.18. The molecule has 0 unspecified atom stereocenters. The van der Waals surface area contributed by atoms with Crippen molar-refractivity contribution in [2.75, 3.05) is 26.2 Å². The average Bonchev–Trinajstić information content (AvgIpc) is 2.66. The van der Waals surface area contributed by atoms with Gasteiger partial charge in [-0.15, -0.1) is 24.0 Å². The van der Waals surface area contributed by atoms with Crippen molar-refractivity contribution in [1.29, 1.82) is 0 Å². The maximum absolute atomic E-state index is 12.1. The molecule has 0 fully saturated rings. The van der Waals surface area contributed by atoms with Crippen molar-refractivity contribution in [3.05, 3.63) is 64.4 Å². The molecule has 0 aliphatic rings. The van der Waals surface area contributed by atoms with Gasteiger partial charge in [0.15, 0.2) is 5.96 Å². The number of pyridine rings is 1. The summed E-state index contributed by atoms with van der Waals surface area (Å²) in [5.74, 6) is 0.644.